The van der Waals surface area contributed by atoms with Gasteiger partial charge in [-0.25, -0.2) is 0 Å². The van der Waals surface area contributed by atoms with Gasteiger partial charge in [0.1, 0.15) is 0 Å². The topological polar surface area (TPSA) is 34.1 Å². The first kappa shape index (κ1) is 19.0. The summed E-state index contributed by atoms with van der Waals surface area (Å²) in [5, 5.41) is 1.51. The number of sulfone groups is 1. The normalized spacial score (nSPS) is 12.3. The monoisotopic (exact) mass is 408 g/mol. The molecule has 0 saturated carbocycles. The standard InChI is InChI=1S/C20H24O2SSe/c1-3-4-6-11-20(24-19-9-7-5-8-10-19)16-23(21,22)18-14-12-17(2)13-15-18/h5,7-10,12-16H,3-4,6,11H2,1-2H3/b20-16+. The Hall–Kier alpha value is -1.35. The maximum absolute atomic E-state index is 12.7. The predicted octanol–water partition coefficient (Wildman–Crippen LogP) is 4.22. The summed E-state index contributed by atoms with van der Waals surface area (Å²) in [5.41, 5.74) is 1.06. The van der Waals surface area contributed by atoms with E-state index in [-0.39, 0.29) is 15.0 Å². The molecule has 0 heterocycles. The summed E-state index contributed by atoms with van der Waals surface area (Å²) in [6.45, 7) is 4.12. The summed E-state index contributed by atoms with van der Waals surface area (Å²) in [7, 11) is -3.38. The van der Waals surface area contributed by atoms with Crippen molar-refractivity contribution in [3.05, 3.63) is 70.0 Å². The second-order valence-corrected chi connectivity index (χ2v) is 10.1. The Morgan fingerprint density at radius 3 is 2.29 bits per heavy atom. The quantitative estimate of drug-likeness (QED) is 0.485. The van der Waals surface area contributed by atoms with Crippen molar-refractivity contribution in [3.8, 4) is 0 Å². The number of aryl methyl sites for hydroxylation is 1. The fourth-order valence-corrected chi connectivity index (χ4v) is 6.32. The van der Waals surface area contributed by atoms with Crippen molar-refractivity contribution in [1.29, 1.82) is 0 Å². The van der Waals surface area contributed by atoms with Crippen LogP contribution in [-0.2, 0) is 9.84 Å². The van der Waals surface area contributed by atoms with Gasteiger partial charge in [0.25, 0.3) is 0 Å². The Balaban J connectivity index is 2.26. The van der Waals surface area contributed by atoms with Crippen LogP contribution in [0, 0.1) is 6.92 Å². The third-order valence-electron chi connectivity index (χ3n) is 3.65. The average molecular weight is 407 g/mol. The first-order valence-corrected chi connectivity index (χ1v) is 11.5. The van der Waals surface area contributed by atoms with Gasteiger partial charge in [-0.05, 0) is 0 Å². The molecule has 0 radical (unpaired) electrons. The molecule has 0 saturated heterocycles. The predicted molar refractivity (Wildman–Crippen MR) is 102 cm³/mol. The van der Waals surface area contributed by atoms with Crippen LogP contribution < -0.4 is 4.46 Å². The molecule has 4 heteroatoms. The molecular formula is C20H24O2SSe. The van der Waals surface area contributed by atoms with E-state index in [9.17, 15) is 8.42 Å². The van der Waals surface area contributed by atoms with Gasteiger partial charge in [-0.1, -0.05) is 0 Å². The fourth-order valence-electron chi connectivity index (χ4n) is 2.29. The van der Waals surface area contributed by atoms with Crippen LogP contribution in [-0.4, -0.2) is 23.4 Å². The minimum atomic E-state index is -3.38. The molecule has 0 unspecified atom stereocenters. The second-order valence-electron chi connectivity index (χ2n) is 5.81. The molecule has 2 nitrogen and oxygen atoms in total. The van der Waals surface area contributed by atoms with Crippen molar-refractivity contribution < 1.29 is 8.42 Å². The molecule has 2 rings (SSSR count). The Morgan fingerprint density at radius 2 is 1.67 bits per heavy atom. The van der Waals surface area contributed by atoms with Gasteiger partial charge >= 0.3 is 152 Å². The van der Waals surface area contributed by atoms with Gasteiger partial charge in [-0.3, -0.25) is 0 Å². The maximum atomic E-state index is 12.7. The van der Waals surface area contributed by atoms with E-state index < -0.39 is 9.84 Å². The number of rotatable bonds is 8. The van der Waals surface area contributed by atoms with E-state index in [0.717, 1.165) is 35.7 Å². The molecule has 0 aromatic heterocycles. The van der Waals surface area contributed by atoms with E-state index >= 15 is 0 Å². The van der Waals surface area contributed by atoms with Crippen LogP contribution in [0.2, 0.25) is 0 Å². The van der Waals surface area contributed by atoms with Gasteiger partial charge in [-0.2, -0.15) is 0 Å². The van der Waals surface area contributed by atoms with Crippen LogP contribution in [0.4, 0.5) is 0 Å². The summed E-state index contributed by atoms with van der Waals surface area (Å²) in [5.74, 6) is 0. The molecule has 0 spiro atoms. The third kappa shape index (κ3) is 5.94. The molecule has 0 N–H and O–H groups in total. The SMILES string of the molecule is CCCCC/C(=C\S(=O)(=O)c1ccc(C)cc1)[Se]c1ccccc1. The molecule has 128 valence electrons. The second kappa shape index (κ2) is 9.22. The van der Waals surface area contributed by atoms with Crippen LogP contribution in [0.1, 0.15) is 38.2 Å². The van der Waals surface area contributed by atoms with E-state index in [2.05, 4.69) is 19.1 Å². The molecule has 24 heavy (non-hydrogen) atoms. The average Bonchev–Trinajstić information content (AvgIpc) is 2.56. The Labute approximate surface area is 152 Å². The van der Waals surface area contributed by atoms with Crippen molar-refractivity contribution in [3.63, 3.8) is 0 Å². The van der Waals surface area contributed by atoms with Crippen molar-refractivity contribution in [2.75, 3.05) is 0 Å². The van der Waals surface area contributed by atoms with Gasteiger partial charge in [0.15, 0.2) is 0 Å². The van der Waals surface area contributed by atoms with Crippen LogP contribution in [0.25, 0.3) is 0 Å². The van der Waals surface area contributed by atoms with E-state index in [1.165, 1.54) is 9.87 Å². The van der Waals surface area contributed by atoms with Crippen molar-refractivity contribution in [2.45, 2.75) is 44.4 Å². The van der Waals surface area contributed by atoms with Crippen molar-refractivity contribution in [1.82, 2.24) is 0 Å². The van der Waals surface area contributed by atoms with E-state index in [4.69, 9.17) is 0 Å². The number of allylic oxidation sites excluding steroid dienone is 1. The first-order valence-electron chi connectivity index (χ1n) is 8.26. The Bertz CT molecular complexity index is 763. The zero-order chi connectivity index (χ0) is 17.4. The summed E-state index contributed by atoms with van der Waals surface area (Å²) in [4.78, 5) is 0.380. The summed E-state index contributed by atoms with van der Waals surface area (Å²) in [6.07, 6.45) is 4.16. The first-order chi connectivity index (χ1) is 11.5. The van der Waals surface area contributed by atoms with E-state index in [1.807, 2.05) is 37.3 Å². The Morgan fingerprint density at radius 1 is 1.00 bits per heavy atom. The zero-order valence-corrected chi connectivity index (χ0v) is 16.8. The fraction of sp³-hybridized carbons (Fsp3) is 0.300. The molecule has 2 aromatic rings. The number of benzene rings is 2. The molecule has 0 aliphatic rings. The van der Waals surface area contributed by atoms with Gasteiger partial charge in [0, 0.05) is 0 Å². The summed E-state index contributed by atoms with van der Waals surface area (Å²) >= 11 is 0.0484. The molecule has 0 fully saturated rings. The van der Waals surface area contributed by atoms with Crippen LogP contribution in [0.5, 0.6) is 0 Å². The summed E-state index contributed by atoms with van der Waals surface area (Å²) < 4.78 is 27.7. The molecule has 0 atom stereocenters. The molecule has 2 aromatic carbocycles. The minimum absolute atomic E-state index is 0.0484. The zero-order valence-electron chi connectivity index (χ0n) is 14.2. The van der Waals surface area contributed by atoms with Gasteiger partial charge in [-0.15, -0.1) is 0 Å². The molecule has 0 bridgehead atoms. The van der Waals surface area contributed by atoms with Crippen LogP contribution >= 0.6 is 0 Å². The van der Waals surface area contributed by atoms with Crippen LogP contribution in [0.15, 0.2) is 69.4 Å². The third-order valence-corrected chi connectivity index (χ3v) is 7.81. The van der Waals surface area contributed by atoms with Crippen molar-refractivity contribution >= 4 is 29.3 Å². The molecular weight excluding hydrogens is 383 g/mol. The van der Waals surface area contributed by atoms with E-state index in [1.54, 1.807) is 12.1 Å². The van der Waals surface area contributed by atoms with Gasteiger partial charge < -0.3 is 0 Å². The van der Waals surface area contributed by atoms with Crippen molar-refractivity contribution in [2.24, 2.45) is 0 Å². The van der Waals surface area contributed by atoms with Crippen LogP contribution in [0.3, 0.4) is 0 Å². The number of unbranched alkanes of at least 4 members (excludes halogenated alkanes) is 2. The van der Waals surface area contributed by atoms with Gasteiger partial charge in [0.05, 0.1) is 0 Å². The van der Waals surface area contributed by atoms with Gasteiger partial charge in [0.2, 0.25) is 0 Å². The molecule has 0 aliphatic heterocycles. The Kier molecular flexibility index (Phi) is 7.29. The summed E-state index contributed by atoms with van der Waals surface area (Å²) in [6, 6.07) is 17.2. The molecule has 0 aliphatic carbocycles. The number of hydrogen-bond donors (Lipinski definition) is 0. The van der Waals surface area contributed by atoms with E-state index in [0.29, 0.717) is 4.90 Å². The molecule has 0 amide bonds. The number of hydrogen-bond acceptors (Lipinski definition) is 2.